The summed E-state index contributed by atoms with van der Waals surface area (Å²) in [6, 6.07) is 7.33. The summed E-state index contributed by atoms with van der Waals surface area (Å²) in [7, 11) is 0. The molecule has 0 aliphatic rings. The van der Waals surface area contributed by atoms with Crippen molar-refractivity contribution in [2.24, 2.45) is 0 Å². The lowest BCUT2D eigenvalue weighted by Crippen LogP contribution is -2.14. The fourth-order valence-corrected chi connectivity index (χ4v) is 1.95. The quantitative estimate of drug-likeness (QED) is 0.481. The molecule has 0 fully saturated rings. The van der Waals surface area contributed by atoms with Crippen LogP contribution in [0.3, 0.4) is 0 Å². The minimum absolute atomic E-state index is 0.110. The van der Waals surface area contributed by atoms with Crippen LogP contribution in [0.5, 0.6) is 5.75 Å². The van der Waals surface area contributed by atoms with E-state index in [4.69, 9.17) is 14.2 Å². The molecule has 5 nitrogen and oxygen atoms in total. The molecule has 0 unspecified atom stereocenters. The fraction of sp³-hybridized carbons (Fsp3) is 0.474. The summed E-state index contributed by atoms with van der Waals surface area (Å²) in [5.74, 6) is -0.217. The van der Waals surface area contributed by atoms with Gasteiger partial charge in [0.25, 0.3) is 0 Å². The van der Waals surface area contributed by atoms with Crippen LogP contribution in [0.2, 0.25) is 0 Å². The minimum atomic E-state index is -0.493. The van der Waals surface area contributed by atoms with Gasteiger partial charge in [-0.3, -0.25) is 4.79 Å². The second-order valence-electron chi connectivity index (χ2n) is 5.21. The normalized spacial score (nSPS) is 11.0. The second kappa shape index (κ2) is 11.3. The molecule has 0 amide bonds. The first-order valence-corrected chi connectivity index (χ1v) is 8.36. The number of esters is 2. The Kier molecular flexibility index (Phi) is 9.27. The first-order chi connectivity index (χ1) is 11.6. The van der Waals surface area contributed by atoms with Crippen molar-refractivity contribution < 1.29 is 23.8 Å². The van der Waals surface area contributed by atoms with Gasteiger partial charge in [-0.1, -0.05) is 26.0 Å². The molecule has 0 bridgehead atoms. The highest BCUT2D eigenvalue weighted by Gasteiger charge is 2.16. The third-order valence-corrected chi connectivity index (χ3v) is 3.01. The molecule has 24 heavy (non-hydrogen) atoms. The molecule has 0 radical (unpaired) electrons. The van der Waals surface area contributed by atoms with E-state index in [0.29, 0.717) is 25.6 Å². The summed E-state index contributed by atoms with van der Waals surface area (Å²) in [6.07, 6.45) is 3.00. The number of hydrogen-bond donors (Lipinski definition) is 0. The third kappa shape index (κ3) is 7.31. The Morgan fingerprint density at radius 3 is 2.42 bits per heavy atom. The fourth-order valence-electron chi connectivity index (χ4n) is 1.95. The molecule has 0 saturated heterocycles. The number of ether oxygens (including phenoxy) is 3. The molecule has 0 aromatic heterocycles. The van der Waals surface area contributed by atoms with Gasteiger partial charge in [-0.15, -0.1) is 0 Å². The van der Waals surface area contributed by atoms with Crippen molar-refractivity contribution >= 4 is 18.0 Å². The van der Waals surface area contributed by atoms with Gasteiger partial charge in [-0.25, -0.2) is 4.79 Å². The summed E-state index contributed by atoms with van der Waals surface area (Å²) >= 11 is 0. The lowest BCUT2D eigenvalue weighted by atomic mass is 10.1. The molecule has 0 aliphatic heterocycles. The first-order valence-electron chi connectivity index (χ1n) is 8.36. The predicted octanol–water partition coefficient (Wildman–Crippen LogP) is 3.77. The van der Waals surface area contributed by atoms with Crippen LogP contribution in [-0.2, 0) is 19.1 Å². The Morgan fingerprint density at radius 2 is 1.75 bits per heavy atom. The smallest absolute Gasteiger partial charge is 0.334 e. The summed E-state index contributed by atoms with van der Waals surface area (Å²) < 4.78 is 15.7. The van der Waals surface area contributed by atoms with Gasteiger partial charge < -0.3 is 14.2 Å². The highest BCUT2D eigenvalue weighted by molar-refractivity contribution is 5.98. The molecular weight excluding hydrogens is 308 g/mol. The molecule has 0 atom stereocenters. The lowest BCUT2D eigenvalue weighted by molar-refractivity contribution is -0.146. The summed E-state index contributed by atoms with van der Waals surface area (Å²) in [4.78, 5) is 24.1. The van der Waals surface area contributed by atoms with Crippen LogP contribution in [0.25, 0.3) is 6.08 Å². The van der Waals surface area contributed by atoms with Crippen molar-refractivity contribution in [3.63, 3.8) is 0 Å². The summed E-state index contributed by atoms with van der Waals surface area (Å²) in [5.41, 5.74) is 1.05. The van der Waals surface area contributed by atoms with Crippen molar-refractivity contribution in [2.75, 3.05) is 19.8 Å². The van der Waals surface area contributed by atoms with Crippen molar-refractivity contribution in [1.82, 2.24) is 0 Å². The predicted molar refractivity (Wildman–Crippen MR) is 92.7 cm³/mol. The van der Waals surface area contributed by atoms with E-state index in [1.54, 1.807) is 6.08 Å². The van der Waals surface area contributed by atoms with Crippen LogP contribution < -0.4 is 4.74 Å². The highest BCUT2D eigenvalue weighted by Crippen LogP contribution is 2.18. The van der Waals surface area contributed by atoms with E-state index < -0.39 is 11.9 Å². The van der Waals surface area contributed by atoms with Gasteiger partial charge in [0.15, 0.2) is 0 Å². The van der Waals surface area contributed by atoms with Crippen molar-refractivity contribution in [1.29, 1.82) is 0 Å². The topological polar surface area (TPSA) is 61.8 Å². The van der Waals surface area contributed by atoms with Crippen molar-refractivity contribution in [2.45, 2.75) is 40.0 Å². The van der Waals surface area contributed by atoms with Crippen LogP contribution in [-0.4, -0.2) is 31.8 Å². The van der Waals surface area contributed by atoms with E-state index in [1.165, 1.54) is 0 Å². The zero-order valence-corrected chi connectivity index (χ0v) is 14.7. The van der Waals surface area contributed by atoms with E-state index in [2.05, 4.69) is 0 Å². The molecule has 1 aromatic carbocycles. The maximum absolute atomic E-state index is 12.2. The maximum Gasteiger partial charge on any atom is 0.334 e. The van der Waals surface area contributed by atoms with Crippen LogP contribution >= 0.6 is 0 Å². The number of carbonyl (C=O) groups excluding carboxylic acids is 2. The zero-order valence-electron chi connectivity index (χ0n) is 14.7. The van der Waals surface area contributed by atoms with E-state index in [0.717, 1.165) is 18.4 Å². The van der Waals surface area contributed by atoms with Crippen LogP contribution in [0, 0.1) is 0 Å². The Labute approximate surface area is 143 Å². The summed E-state index contributed by atoms with van der Waals surface area (Å²) in [6.45, 7) is 6.95. The van der Waals surface area contributed by atoms with Gasteiger partial charge in [0.05, 0.1) is 26.2 Å². The van der Waals surface area contributed by atoms with Gasteiger partial charge in [-0.2, -0.15) is 0 Å². The lowest BCUT2D eigenvalue weighted by Gasteiger charge is -2.09. The number of rotatable bonds is 10. The van der Waals surface area contributed by atoms with Gasteiger partial charge in [0, 0.05) is 5.57 Å². The highest BCUT2D eigenvalue weighted by atomic mass is 16.5. The van der Waals surface area contributed by atoms with Gasteiger partial charge in [0.1, 0.15) is 5.75 Å². The van der Waals surface area contributed by atoms with Gasteiger partial charge in [-0.05, 0) is 43.5 Å². The molecule has 0 heterocycles. The minimum Gasteiger partial charge on any atom is -0.494 e. The maximum atomic E-state index is 12.2. The Morgan fingerprint density at radius 1 is 1.04 bits per heavy atom. The SMILES string of the molecule is CCCOC(=O)CC(=Cc1cccc(OCC)c1)C(=O)OCCC. The molecule has 132 valence electrons. The zero-order chi connectivity index (χ0) is 17.8. The van der Waals surface area contributed by atoms with E-state index in [1.807, 2.05) is 45.0 Å². The second-order valence-corrected chi connectivity index (χ2v) is 5.21. The van der Waals surface area contributed by atoms with E-state index >= 15 is 0 Å². The van der Waals surface area contributed by atoms with Crippen molar-refractivity contribution in [3.8, 4) is 5.75 Å². The molecule has 0 aliphatic carbocycles. The van der Waals surface area contributed by atoms with E-state index in [-0.39, 0.29) is 12.0 Å². The Bertz CT molecular complexity index is 563. The number of carbonyl (C=O) groups is 2. The number of hydrogen-bond acceptors (Lipinski definition) is 5. The van der Waals surface area contributed by atoms with Crippen LogP contribution in [0.4, 0.5) is 0 Å². The molecule has 0 spiro atoms. The first kappa shape index (κ1) is 19.7. The van der Waals surface area contributed by atoms with Gasteiger partial charge in [0.2, 0.25) is 0 Å². The van der Waals surface area contributed by atoms with Gasteiger partial charge >= 0.3 is 11.9 Å². The third-order valence-electron chi connectivity index (χ3n) is 3.01. The van der Waals surface area contributed by atoms with Crippen LogP contribution in [0.15, 0.2) is 29.8 Å². The number of benzene rings is 1. The Balaban J connectivity index is 2.95. The average molecular weight is 334 g/mol. The molecule has 0 saturated carbocycles. The monoisotopic (exact) mass is 334 g/mol. The molecule has 1 aromatic rings. The van der Waals surface area contributed by atoms with Crippen molar-refractivity contribution in [3.05, 3.63) is 35.4 Å². The standard InChI is InChI=1S/C19H26O5/c1-4-10-23-18(20)14-16(19(21)24-11-5-2)12-15-8-7-9-17(13-15)22-6-3/h7-9,12-13H,4-6,10-11,14H2,1-3H3. The molecule has 5 heteroatoms. The molecule has 0 N–H and O–H groups in total. The molecule has 1 rings (SSSR count). The van der Waals surface area contributed by atoms with E-state index in [9.17, 15) is 9.59 Å². The average Bonchev–Trinajstić information content (AvgIpc) is 2.58. The molecular formula is C19H26O5. The Hall–Kier alpha value is -2.30. The largest absolute Gasteiger partial charge is 0.494 e. The summed E-state index contributed by atoms with van der Waals surface area (Å²) in [5, 5.41) is 0. The van der Waals surface area contributed by atoms with Crippen LogP contribution in [0.1, 0.15) is 45.6 Å².